The number of nitrogens with zero attached hydrogens (tertiary/aromatic N) is 2. The summed E-state index contributed by atoms with van der Waals surface area (Å²) >= 11 is 1.75. The van der Waals surface area contributed by atoms with Crippen LogP contribution in [0.4, 0.5) is 8.78 Å². The lowest BCUT2D eigenvalue weighted by molar-refractivity contribution is -0.0504. The van der Waals surface area contributed by atoms with Gasteiger partial charge in [0.25, 0.3) is 0 Å². The molecule has 1 saturated heterocycles. The quantitative estimate of drug-likeness (QED) is 0.476. The third kappa shape index (κ3) is 7.10. The Morgan fingerprint density at radius 2 is 2.04 bits per heavy atom. The van der Waals surface area contributed by atoms with E-state index in [1.54, 1.807) is 30.9 Å². The zero-order chi connectivity index (χ0) is 20.6. The normalized spacial score (nSPS) is 16.2. The van der Waals surface area contributed by atoms with E-state index in [9.17, 15) is 17.2 Å². The number of benzene rings is 1. The Morgan fingerprint density at radius 3 is 2.68 bits per heavy atom. The van der Waals surface area contributed by atoms with Crippen molar-refractivity contribution in [3.63, 3.8) is 0 Å². The smallest absolute Gasteiger partial charge is 0.387 e. The number of alkyl halides is 2. The van der Waals surface area contributed by atoms with E-state index in [0.29, 0.717) is 24.6 Å². The van der Waals surface area contributed by atoms with Crippen molar-refractivity contribution in [2.75, 3.05) is 43.9 Å². The molecule has 158 valence electrons. The van der Waals surface area contributed by atoms with Crippen LogP contribution in [0, 0.1) is 6.92 Å². The third-order valence-corrected chi connectivity index (χ3v) is 6.93. The lowest BCUT2D eigenvalue weighted by Crippen LogP contribution is -2.44. The van der Waals surface area contributed by atoms with Crippen molar-refractivity contribution >= 4 is 27.7 Å². The molecule has 1 aromatic rings. The number of hydrogen-bond donors (Lipinski definition) is 2. The molecule has 11 heteroatoms. The number of sulfonamides is 1. The maximum atomic E-state index is 12.6. The molecule has 0 saturated carbocycles. The minimum atomic E-state index is -3.31. The van der Waals surface area contributed by atoms with E-state index in [-0.39, 0.29) is 24.6 Å². The summed E-state index contributed by atoms with van der Waals surface area (Å²) in [5.74, 6) is 2.07. The Kier molecular flexibility index (Phi) is 8.77. The van der Waals surface area contributed by atoms with Gasteiger partial charge in [0.15, 0.2) is 5.96 Å². The first kappa shape index (κ1) is 22.7. The molecular weight excluding hydrogens is 410 g/mol. The fourth-order valence-electron chi connectivity index (χ4n) is 2.71. The van der Waals surface area contributed by atoms with Crippen molar-refractivity contribution < 1.29 is 21.9 Å². The summed E-state index contributed by atoms with van der Waals surface area (Å²) in [6, 6.07) is 4.94. The maximum absolute atomic E-state index is 12.6. The van der Waals surface area contributed by atoms with Crippen molar-refractivity contribution in [1.82, 2.24) is 14.9 Å². The molecule has 28 heavy (non-hydrogen) atoms. The second-order valence-electron chi connectivity index (χ2n) is 6.17. The summed E-state index contributed by atoms with van der Waals surface area (Å²) in [5, 5.41) is 5.94. The Morgan fingerprint density at radius 1 is 1.32 bits per heavy atom. The molecule has 2 N–H and O–H groups in total. The van der Waals surface area contributed by atoms with E-state index in [1.165, 1.54) is 10.4 Å². The molecule has 0 amide bonds. The Labute approximate surface area is 169 Å². The van der Waals surface area contributed by atoms with E-state index in [4.69, 9.17) is 0 Å². The molecule has 1 aliphatic heterocycles. The predicted molar refractivity (Wildman–Crippen MR) is 109 cm³/mol. The van der Waals surface area contributed by atoms with Crippen molar-refractivity contribution in [1.29, 1.82) is 0 Å². The Balaban J connectivity index is 1.87. The highest BCUT2D eigenvalue weighted by molar-refractivity contribution is 7.99. The highest BCUT2D eigenvalue weighted by atomic mass is 32.2. The van der Waals surface area contributed by atoms with Crippen LogP contribution in [0.3, 0.4) is 0 Å². The van der Waals surface area contributed by atoms with Gasteiger partial charge in [-0.15, -0.1) is 0 Å². The van der Waals surface area contributed by atoms with Gasteiger partial charge in [-0.2, -0.15) is 20.5 Å². The van der Waals surface area contributed by atoms with Gasteiger partial charge in [-0.3, -0.25) is 4.99 Å². The van der Waals surface area contributed by atoms with Gasteiger partial charge < -0.3 is 15.4 Å². The third-order valence-electron chi connectivity index (χ3n) is 4.12. The molecule has 1 aliphatic rings. The Hall–Kier alpha value is -1.59. The molecule has 1 heterocycles. The number of thioether (sulfide) groups is 1. The predicted octanol–water partition coefficient (Wildman–Crippen LogP) is 1.64. The number of rotatable bonds is 8. The van der Waals surface area contributed by atoms with Crippen LogP contribution in [0.2, 0.25) is 0 Å². The lowest BCUT2D eigenvalue weighted by atomic mass is 10.1. The summed E-state index contributed by atoms with van der Waals surface area (Å²) in [6.07, 6.45) is 0. The summed E-state index contributed by atoms with van der Waals surface area (Å²) in [6.45, 7) is 0.435. The largest absolute Gasteiger partial charge is 0.434 e. The van der Waals surface area contributed by atoms with Gasteiger partial charge >= 0.3 is 6.61 Å². The Bertz CT molecular complexity index is 770. The van der Waals surface area contributed by atoms with E-state index in [0.717, 1.165) is 17.1 Å². The van der Waals surface area contributed by atoms with Gasteiger partial charge in [0.05, 0.1) is 5.75 Å². The van der Waals surface area contributed by atoms with Gasteiger partial charge in [0.1, 0.15) is 5.75 Å². The van der Waals surface area contributed by atoms with Gasteiger partial charge in [-0.1, -0.05) is 17.7 Å². The molecule has 1 fully saturated rings. The van der Waals surface area contributed by atoms with Crippen molar-refractivity contribution in [2.24, 2.45) is 4.99 Å². The first-order chi connectivity index (χ1) is 13.3. The first-order valence-electron chi connectivity index (χ1n) is 8.86. The number of halogens is 2. The second-order valence-corrected chi connectivity index (χ2v) is 9.48. The zero-order valence-corrected chi connectivity index (χ0v) is 17.6. The highest BCUT2D eigenvalue weighted by Crippen LogP contribution is 2.22. The average Bonchev–Trinajstić information content (AvgIpc) is 2.66. The fourth-order valence-corrected chi connectivity index (χ4v) is 5.20. The first-order valence-corrected chi connectivity index (χ1v) is 11.6. The molecule has 0 spiro atoms. The van der Waals surface area contributed by atoms with E-state index in [1.807, 2.05) is 6.92 Å². The lowest BCUT2D eigenvalue weighted by Gasteiger charge is -2.25. The molecule has 0 radical (unpaired) electrons. The summed E-state index contributed by atoms with van der Waals surface area (Å²) < 4.78 is 55.9. The van der Waals surface area contributed by atoms with Crippen LogP contribution < -0.4 is 15.4 Å². The van der Waals surface area contributed by atoms with Crippen LogP contribution in [0.25, 0.3) is 0 Å². The molecule has 1 aromatic carbocycles. The van der Waals surface area contributed by atoms with Crippen LogP contribution in [0.1, 0.15) is 11.1 Å². The average molecular weight is 437 g/mol. The van der Waals surface area contributed by atoms with E-state index < -0.39 is 16.6 Å². The van der Waals surface area contributed by atoms with Gasteiger partial charge in [0, 0.05) is 50.3 Å². The molecule has 0 unspecified atom stereocenters. The van der Waals surface area contributed by atoms with Crippen molar-refractivity contribution in [3.8, 4) is 5.75 Å². The second kappa shape index (κ2) is 10.8. The minimum Gasteiger partial charge on any atom is -0.434 e. The van der Waals surface area contributed by atoms with E-state index >= 15 is 0 Å². The van der Waals surface area contributed by atoms with Crippen LogP contribution in [-0.2, 0) is 16.6 Å². The topological polar surface area (TPSA) is 83.0 Å². The summed E-state index contributed by atoms with van der Waals surface area (Å²) in [5.41, 5.74) is 1.47. The number of aliphatic imine (C=N–C) groups is 1. The van der Waals surface area contributed by atoms with Gasteiger partial charge in [-0.25, -0.2) is 12.7 Å². The van der Waals surface area contributed by atoms with Crippen molar-refractivity contribution in [3.05, 3.63) is 29.3 Å². The van der Waals surface area contributed by atoms with Crippen LogP contribution in [-0.4, -0.2) is 69.2 Å². The van der Waals surface area contributed by atoms with Crippen LogP contribution >= 0.6 is 11.8 Å². The summed E-state index contributed by atoms with van der Waals surface area (Å²) in [7, 11) is -1.75. The molecule has 0 atom stereocenters. The number of hydrogen-bond acceptors (Lipinski definition) is 5. The van der Waals surface area contributed by atoms with Gasteiger partial charge in [0.2, 0.25) is 10.0 Å². The number of nitrogens with one attached hydrogen (secondary N) is 2. The molecule has 0 bridgehead atoms. The SMILES string of the molecule is CN=C(NCCS(=O)(=O)N1CCSCC1)NCc1cc(C)ccc1OC(F)F. The number of guanidine groups is 1. The standard InChI is InChI=1S/C17H26F2N4O3S2/c1-13-3-4-15(26-16(18)19)14(11-13)12-22-17(20-2)21-5-10-28(24,25)23-6-8-27-9-7-23/h3-4,11,16H,5-10,12H2,1-2H3,(H2,20,21,22). The minimum absolute atomic E-state index is 0.0391. The highest BCUT2D eigenvalue weighted by Gasteiger charge is 2.23. The zero-order valence-electron chi connectivity index (χ0n) is 16.0. The van der Waals surface area contributed by atoms with Crippen LogP contribution in [0.5, 0.6) is 5.75 Å². The molecule has 2 rings (SSSR count). The van der Waals surface area contributed by atoms with Crippen LogP contribution in [0.15, 0.2) is 23.2 Å². The fraction of sp³-hybridized carbons (Fsp3) is 0.588. The molecular formula is C17H26F2N4O3S2. The summed E-state index contributed by atoms with van der Waals surface area (Å²) in [4.78, 5) is 4.04. The molecule has 0 aliphatic carbocycles. The molecule has 0 aromatic heterocycles. The maximum Gasteiger partial charge on any atom is 0.387 e. The van der Waals surface area contributed by atoms with Gasteiger partial charge in [-0.05, 0) is 13.0 Å². The monoisotopic (exact) mass is 436 g/mol. The van der Waals surface area contributed by atoms with E-state index in [2.05, 4.69) is 20.4 Å². The number of ether oxygens (including phenoxy) is 1. The van der Waals surface area contributed by atoms with Crippen molar-refractivity contribution in [2.45, 2.75) is 20.1 Å². The number of aryl methyl sites for hydroxylation is 1. The molecule has 7 nitrogen and oxygen atoms in total.